The number of nitrogens with zero attached hydrogens (tertiary/aromatic N) is 5. The molecule has 1 spiro atoms. The predicted octanol–water partition coefficient (Wildman–Crippen LogP) is 2.90. The van der Waals surface area contributed by atoms with Crippen LogP contribution in [0.3, 0.4) is 0 Å². The van der Waals surface area contributed by atoms with E-state index in [0.717, 1.165) is 44.0 Å². The Morgan fingerprint density at radius 3 is 2.71 bits per heavy atom. The molecular weight excluding hydrogens is 359 g/mol. The topological polar surface area (TPSA) is 82.1 Å². The molecule has 28 heavy (non-hydrogen) atoms. The van der Waals surface area contributed by atoms with E-state index in [1.54, 1.807) is 24.5 Å². The van der Waals surface area contributed by atoms with Crippen molar-refractivity contribution in [1.82, 2.24) is 19.7 Å². The molecule has 2 N–H and O–H groups in total. The van der Waals surface area contributed by atoms with E-state index in [4.69, 9.17) is 10.5 Å². The van der Waals surface area contributed by atoms with Gasteiger partial charge in [-0.05, 0) is 31.0 Å². The summed E-state index contributed by atoms with van der Waals surface area (Å²) in [5.41, 5.74) is 7.75. The maximum atomic E-state index is 13.3. The molecule has 2 aliphatic rings. The SMILES string of the molecule is N[C@@H]1c2ccnn2CC12CCN(c1cnc(Oc3cccc(F)c3)cn1)CC2. The number of benzene rings is 1. The van der Waals surface area contributed by atoms with Crippen molar-refractivity contribution in [2.75, 3.05) is 18.0 Å². The van der Waals surface area contributed by atoms with Crippen molar-refractivity contribution in [3.63, 3.8) is 0 Å². The average molecular weight is 380 g/mol. The van der Waals surface area contributed by atoms with Gasteiger partial charge in [-0.25, -0.2) is 14.4 Å². The summed E-state index contributed by atoms with van der Waals surface area (Å²) in [6.07, 6.45) is 7.07. The molecule has 3 aromatic rings. The molecular formula is C20H21FN6O. The van der Waals surface area contributed by atoms with Crippen LogP contribution in [0.25, 0.3) is 0 Å². The number of ether oxygens (including phenoxy) is 1. The zero-order valence-electron chi connectivity index (χ0n) is 15.3. The number of rotatable bonds is 3. The van der Waals surface area contributed by atoms with Crippen LogP contribution in [0.1, 0.15) is 24.6 Å². The molecule has 0 unspecified atom stereocenters. The van der Waals surface area contributed by atoms with Gasteiger partial charge >= 0.3 is 0 Å². The van der Waals surface area contributed by atoms with Gasteiger partial charge in [-0.2, -0.15) is 5.10 Å². The van der Waals surface area contributed by atoms with Gasteiger partial charge in [0.1, 0.15) is 17.4 Å². The first kappa shape index (κ1) is 17.1. The third-order valence-electron chi connectivity index (χ3n) is 5.91. The minimum absolute atomic E-state index is 0.0327. The van der Waals surface area contributed by atoms with Crippen LogP contribution in [-0.2, 0) is 6.54 Å². The Hall–Kier alpha value is -3.00. The van der Waals surface area contributed by atoms with E-state index >= 15 is 0 Å². The summed E-state index contributed by atoms with van der Waals surface area (Å²) in [4.78, 5) is 11.0. The first-order chi connectivity index (χ1) is 13.6. The van der Waals surface area contributed by atoms with Crippen LogP contribution in [0.5, 0.6) is 11.6 Å². The highest BCUT2D eigenvalue weighted by molar-refractivity contribution is 5.38. The lowest BCUT2D eigenvalue weighted by Gasteiger charge is -2.41. The van der Waals surface area contributed by atoms with Gasteiger partial charge < -0.3 is 15.4 Å². The zero-order chi connectivity index (χ0) is 19.1. The van der Waals surface area contributed by atoms with Gasteiger partial charge in [-0.3, -0.25) is 4.68 Å². The maximum absolute atomic E-state index is 13.3. The van der Waals surface area contributed by atoms with E-state index in [9.17, 15) is 4.39 Å². The third-order valence-corrected chi connectivity index (χ3v) is 5.91. The number of hydrogen-bond acceptors (Lipinski definition) is 6. The van der Waals surface area contributed by atoms with Crippen LogP contribution in [0.4, 0.5) is 10.2 Å². The molecule has 144 valence electrons. The second-order valence-electron chi connectivity index (χ2n) is 7.51. The van der Waals surface area contributed by atoms with Crippen molar-refractivity contribution in [2.45, 2.75) is 25.4 Å². The molecule has 0 saturated carbocycles. The van der Waals surface area contributed by atoms with Gasteiger partial charge in [0, 0.05) is 37.3 Å². The van der Waals surface area contributed by atoms with Gasteiger partial charge in [0.25, 0.3) is 0 Å². The minimum atomic E-state index is -0.351. The summed E-state index contributed by atoms with van der Waals surface area (Å²) >= 11 is 0. The molecule has 7 nitrogen and oxygen atoms in total. The van der Waals surface area contributed by atoms with E-state index in [0.29, 0.717) is 11.6 Å². The second kappa shape index (κ2) is 6.56. The molecule has 1 fully saturated rings. The van der Waals surface area contributed by atoms with E-state index in [2.05, 4.69) is 20.0 Å². The summed E-state index contributed by atoms with van der Waals surface area (Å²) in [5, 5.41) is 4.39. The Morgan fingerprint density at radius 1 is 1.14 bits per heavy atom. The Balaban J connectivity index is 1.24. The number of halogens is 1. The average Bonchev–Trinajstić information content (AvgIpc) is 3.25. The summed E-state index contributed by atoms with van der Waals surface area (Å²) in [5.74, 6) is 1.20. The summed E-state index contributed by atoms with van der Waals surface area (Å²) < 4.78 is 20.9. The van der Waals surface area contributed by atoms with Crippen molar-refractivity contribution in [3.05, 3.63) is 60.4 Å². The minimum Gasteiger partial charge on any atom is -0.437 e. The largest absolute Gasteiger partial charge is 0.437 e. The number of anilines is 1. The molecule has 0 bridgehead atoms. The fraction of sp³-hybridized carbons (Fsp3) is 0.350. The first-order valence-electron chi connectivity index (χ1n) is 9.41. The molecule has 0 amide bonds. The lowest BCUT2D eigenvalue weighted by molar-refractivity contribution is 0.170. The smallest absolute Gasteiger partial charge is 0.237 e. The molecule has 4 heterocycles. The van der Waals surface area contributed by atoms with Gasteiger partial charge in [0.05, 0.1) is 24.1 Å². The zero-order valence-corrected chi connectivity index (χ0v) is 15.3. The Morgan fingerprint density at radius 2 is 2.00 bits per heavy atom. The van der Waals surface area contributed by atoms with Crippen LogP contribution in [0.2, 0.25) is 0 Å². The molecule has 1 saturated heterocycles. The summed E-state index contributed by atoms with van der Waals surface area (Å²) in [6.45, 7) is 2.63. The van der Waals surface area contributed by atoms with Crippen LogP contribution in [-0.4, -0.2) is 32.8 Å². The van der Waals surface area contributed by atoms with Crippen LogP contribution in [0, 0.1) is 11.2 Å². The van der Waals surface area contributed by atoms with Gasteiger partial charge in [-0.1, -0.05) is 6.07 Å². The van der Waals surface area contributed by atoms with Crippen LogP contribution >= 0.6 is 0 Å². The molecule has 1 aromatic carbocycles. The van der Waals surface area contributed by atoms with E-state index in [1.165, 1.54) is 12.1 Å². The quantitative estimate of drug-likeness (QED) is 0.752. The van der Waals surface area contributed by atoms with Gasteiger partial charge in [0.2, 0.25) is 5.88 Å². The van der Waals surface area contributed by atoms with Crippen molar-refractivity contribution < 1.29 is 9.13 Å². The number of hydrogen-bond donors (Lipinski definition) is 1. The molecule has 5 rings (SSSR count). The Bertz CT molecular complexity index is 980. The van der Waals surface area contributed by atoms with Gasteiger partial charge in [-0.15, -0.1) is 0 Å². The monoisotopic (exact) mass is 380 g/mol. The van der Waals surface area contributed by atoms with Crippen molar-refractivity contribution in [2.24, 2.45) is 11.1 Å². The highest BCUT2D eigenvalue weighted by Gasteiger charge is 2.46. The third kappa shape index (κ3) is 2.90. The fourth-order valence-electron chi connectivity index (χ4n) is 4.28. The van der Waals surface area contributed by atoms with Crippen molar-refractivity contribution >= 4 is 5.82 Å². The van der Waals surface area contributed by atoms with E-state index < -0.39 is 0 Å². The fourth-order valence-corrected chi connectivity index (χ4v) is 4.28. The molecule has 1 atom stereocenters. The highest BCUT2D eigenvalue weighted by Crippen LogP contribution is 2.47. The van der Waals surface area contributed by atoms with Crippen LogP contribution in [0.15, 0.2) is 48.9 Å². The maximum Gasteiger partial charge on any atom is 0.237 e. The Kier molecular flexibility index (Phi) is 4.01. The number of aromatic nitrogens is 4. The molecule has 2 aromatic heterocycles. The normalized spacial score (nSPS) is 20.4. The lowest BCUT2D eigenvalue weighted by atomic mass is 9.73. The molecule has 0 aliphatic carbocycles. The molecule has 0 radical (unpaired) electrons. The van der Waals surface area contributed by atoms with Crippen molar-refractivity contribution in [3.8, 4) is 11.6 Å². The van der Waals surface area contributed by atoms with Crippen molar-refractivity contribution in [1.29, 1.82) is 0 Å². The van der Waals surface area contributed by atoms with Crippen LogP contribution < -0.4 is 15.4 Å². The van der Waals surface area contributed by atoms with E-state index in [1.807, 2.05) is 16.9 Å². The Labute approximate surface area is 162 Å². The number of fused-ring (bicyclic) bond motifs is 1. The van der Waals surface area contributed by atoms with Gasteiger partial charge in [0.15, 0.2) is 0 Å². The summed E-state index contributed by atoms with van der Waals surface area (Å²) in [7, 11) is 0. The standard InChI is InChI=1S/C20H21FN6O/c21-14-2-1-3-15(10-14)28-18-12-23-17(11-24-18)26-8-5-20(6-9-26)13-27-16(19(20)22)4-7-25-27/h1-4,7,10-12,19H,5-6,8-9,13,22H2/t19-/m1/s1. The molecule has 2 aliphatic heterocycles. The predicted molar refractivity (Wildman–Crippen MR) is 102 cm³/mol. The number of nitrogens with two attached hydrogens (primary N) is 1. The van der Waals surface area contributed by atoms with E-state index in [-0.39, 0.29) is 17.3 Å². The lowest BCUT2D eigenvalue weighted by Crippen LogP contribution is -2.45. The summed E-state index contributed by atoms with van der Waals surface area (Å²) in [6, 6.07) is 8.01. The molecule has 8 heteroatoms. The highest BCUT2D eigenvalue weighted by atomic mass is 19.1. The first-order valence-corrected chi connectivity index (χ1v) is 9.41. The number of piperidine rings is 1. The second-order valence-corrected chi connectivity index (χ2v) is 7.51.